The van der Waals surface area contributed by atoms with E-state index in [1.165, 1.54) is 25.7 Å². The van der Waals surface area contributed by atoms with Crippen LogP contribution in [0.15, 0.2) is 4.52 Å². The van der Waals surface area contributed by atoms with E-state index in [0.717, 1.165) is 30.0 Å². The van der Waals surface area contributed by atoms with E-state index in [1.807, 2.05) is 32.7 Å². The van der Waals surface area contributed by atoms with Crippen LogP contribution in [-0.4, -0.2) is 41.8 Å². The zero-order valence-electron chi connectivity index (χ0n) is 15.6. The van der Waals surface area contributed by atoms with Crippen molar-refractivity contribution in [3.63, 3.8) is 0 Å². The summed E-state index contributed by atoms with van der Waals surface area (Å²) in [6, 6.07) is 0.298. The minimum atomic E-state index is -0.217. The molecule has 1 spiro atoms. The summed E-state index contributed by atoms with van der Waals surface area (Å²) in [5, 5.41) is 4.00. The van der Waals surface area contributed by atoms with Crippen molar-refractivity contribution >= 4 is 5.91 Å². The number of aryl methyl sites for hydroxylation is 2. The van der Waals surface area contributed by atoms with Crippen molar-refractivity contribution in [2.45, 2.75) is 77.9 Å². The van der Waals surface area contributed by atoms with E-state index in [2.05, 4.69) is 12.1 Å². The van der Waals surface area contributed by atoms with E-state index in [9.17, 15) is 4.79 Å². The number of hydrogen-bond acceptors (Lipinski definition) is 4. The Morgan fingerprint density at radius 3 is 2.62 bits per heavy atom. The van der Waals surface area contributed by atoms with Gasteiger partial charge in [-0.3, -0.25) is 4.79 Å². The third-order valence-corrected chi connectivity index (χ3v) is 6.35. The highest BCUT2D eigenvalue weighted by molar-refractivity contribution is 5.84. The lowest BCUT2D eigenvalue weighted by molar-refractivity contribution is -0.173. The molecule has 1 aromatic heterocycles. The molecule has 24 heavy (non-hydrogen) atoms. The third kappa shape index (κ3) is 2.57. The summed E-state index contributed by atoms with van der Waals surface area (Å²) in [5.41, 5.74) is 1.94. The van der Waals surface area contributed by atoms with Gasteiger partial charge in [0.1, 0.15) is 5.76 Å². The number of nitrogens with zero attached hydrogens (tertiary/aromatic N) is 2. The molecule has 3 rings (SSSR count). The van der Waals surface area contributed by atoms with Gasteiger partial charge in [-0.05, 0) is 47.0 Å². The second-order valence-electron chi connectivity index (χ2n) is 7.54. The van der Waals surface area contributed by atoms with Crippen molar-refractivity contribution in [2.75, 3.05) is 13.7 Å². The first-order valence-electron chi connectivity index (χ1n) is 9.23. The molecule has 2 saturated carbocycles. The fourth-order valence-electron chi connectivity index (χ4n) is 5.08. The molecule has 2 aliphatic rings. The Balaban J connectivity index is 1.76. The molecule has 3 atom stereocenters. The van der Waals surface area contributed by atoms with Crippen molar-refractivity contribution < 1.29 is 14.1 Å². The third-order valence-electron chi connectivity index (χ3n) is 6.35. The summed E-state index contributed by atoms with van der Waals surface area (Å²) in [5.74, 6) is 0.694. The quantitative estimate of drug-likeness (QED) is 0.826. The minimum absolute atomic E-state index is 0.163. The van der Waals surface area contributed by atoms with Gasteiger partial charge in [0, 0.05) is 30.7 Å². The van der Waals surface area contributed by atoms with Crippen molar-refractivity contribution in [3.05, 3.63) is 17.0 Å². The SMILES string of the molecule is CCO[C@H]1C[C@@H](N(C)C(=O)[C@@H](C)c2c(C)noc2C)C12CCCC2. The first-order chi connectivity index (χ1) is 11.4. The van der Waals surface area contributed by atoms with Gasteiger partial charge in [-0.1, -0.05) is 18.0 Å². The fourth-order valence-corrected chi connectivity index (χ4v) is 5.08. The van der Waals surface area contributed by atoms with Gasteiger partial charge in [-0.25, -0.2) is 0 Å². The molecule has 5 nitrogen and oxygen atoms in total. The molecule has 0 radical (unpaired) electrons. The summed E-state index contributed by atoms with van der Waals surface area (Å²) in [6.45, 7) is 8.57. The van der Waals surface area contributed by atoms with Crippen LogP contribution in [0.3, 0.4) is 0 Å². The monoisotopic (exact) mass is 334 g/mol. The number of ether oxygens (including phenoxy) is 1. The highest BCUT2D eigenvalue weighted by Gasteiger charge is 2.59. The number of hydrogen-bond donors (Lipinski definition) is 0. The number of rotatable bonds is 5. The van der Waals surface area contributed by atoms with Crippen LogP contribution in [0.5, 0.6) is 0 Å². The molecule has 0 N–H and O–H groups in total. The van der Waals surface area contributed by atoms with Crippen molar-refractivity contribution in [2.24, 2.45) is 5.41 Å². The summed E-state index contributed by atoms with van der Waals surface area (Å²) in [4.78, 5) is 15.1. The highest BCUT2D eigenvalue weighted by Crippen LogP contribution is 2.56. The summed E-state index contributed by atoms with van der Waals surface area (Å²) < 4.78 is 11.2. The van der Waals surface area contributed by atoms with Gasteiger partial charge in [0.25, 0.3) is 0 Å². The average Bonchev–Trinajstić information content (AvgIpc) is 3.18. The molecule has 1 aromatic rings. The Kier molecular flexibility index (Phi) is 4.73. The lowest BCUT2D eigenvalue weighted by Gasteiger charge is -2.57. The Bertz CT molecular complexity index is 584. The van der Waals surface area contributed by atoms with E-state index in [-0.39, 0.29) is 17.2 Å². The van der Waals surface area contributed by atoms with Gasteiger partial charge < -0.3 is 14.2 Å². The van der Waals surface area contributed by atoms with Crippen LogP contribution in [0.25, 0.3) is 0 Å². The second kappa shape index (κ2) is 6.51. The zero-order valence-corrected chi connectivity index (χ0v) is 15.6. The number of carbonyl (C=O) groups excluding carboxylic acids is 1. The lowest BCUT2D eigenvalue weighted by Crippen LogP contribution is -2.64. The number of carbonyl (C=O) groups is 1. The Labute approximate surface area is 144 Å². The molecule has 0 aliphatic heterocycles. The summed E-state index contributed by atoms with van der Waals surface area (Å²) in [7, 11) is 1.96. The zero-order chi connectivity index (χ0) is 17.5. The summed E-state index contributed by atoms with van der Waals surface area (Å²) in [6.07, 6.45) is 6.15. The molecule has 0 unspecified atom stereocenters. The number of aromatic nitrogens is 1. The van der Waals surface area contributed by atoms with Crippen molar-refractivity contribution in [1.82, 2.24) is 10.1 Å². The predicted octanol–water partition coefficient (Wildman–Crippen LogP) is 3.59. The van der Waals surface area contributed by atoms with Crippen LogP contribution in [0.1, 0.15) is 68.9 Å². The molecule has 2 aliphatic carbocycles. The van der Waals surface area contributed by atoms with Crippen LogP contribution >= 0.6 is 0 Å². The van der Waals surface area contributed by atoms with Gasteiger partial charge in [0.2, 0.25) is 5.91 Å². The van der Waals surface area contributed by atoms with Crippen LogP contribution in [0.4, 0.5) is 0 Å². The van der Waals surface area contributed by atoms with Crippen molar-refractivity contribution in [3.8, 4) is 0 Å². The fraction of sp³-hybridized carbons (Fsp3) is 0.789. The first-order valence-corrected chi connectivity index (χ1v) is 9.23. The lowest BCUT2D eigenvalue weighted by atomic mass is 9.60. The first kappa shape index (κ1) is 17.5. The van der Waals surface area contributed by atoms with E-state index in [4.69, 9.17) is 9.26 Å². The normalized spacial score (nSPS) is 26.4. The van der Waals surface area contributed by atoms with Crippen LogP contribution < -0.4 is 0 Å². The van der Waals surface area contributed by atoms with Crippen LogP contribution in [0, 0.1) is 19.3 Å². The van der Waals surface area contributed by atoms with Gasteiger partial charge in [-0.15, -0.1) is 0 Å². The smallest absolute Gasteiger partial charge is 0.230 e. The van der Waals surface area contributed by atoms with Gasteiger partial charge in [-0.2, -0.15) is 0 Å². The maximum Gasteiger partial charge on any atom is 0.230 e. The molecular formula is C19H30N2O3. The van der Waals surface area contributed by atoms with E-state index in [1.54, 1.807) is 0 Å². The Hall–Kier alpha value is -1.36. The molecule has 0 aromatic carbocycles. The molecule has 5 heteroatoms. The largest absolute Gasteiger partial charge is 0.378 e. The molecule has 134 valence electrons. The maximum atomic E-state index is 13.1. The Morgan fingerprint density at radius 1 is 1.42 bits per heavy atom. The topological polar surface area (TPSA) is 55.6 Å². The second-order valence-corrected chi connectivity index (χ2v) is 7.54. The van der Waals surface area contributed by atoms with Crippen LogP contribution in [0.2, 0.25) is 0 Å². The van der Waals surface area contributed by atoms with E-state index < -0.39 is 0 Å². The van der Waals surface area contributed by atoms with E-state index >= 15 is 0 Å². The Morgan fingerprint density at radius 2 is 2.08 bits per heavy atom. The average molecular weight is 334 g/mol. The highest BCUT2D eigenvalue weighted by atomic mass is 16.5. The molecule has 0 saturated heterocycles. The number of amides is 1. The van der Waals surface area contributed by atoms with Crippen molar-refractivity contribution in [1.29, 1.82) is 0 Å². The van der Waals surface area contributed by atoms with Crippen LogP contribution in [-0.2, 0) is 9.53 Å². The molecular weight excluding hydrogens is 304 g/mol. The van der Waals surface area contributed by atoms with Gasteiger partial charge >= 0.3 is 0 Å². The molecule has 0 bridgehead atoms. The van der Waals surface area contributed by atoms with Gasteiger partial charge in [0.15, 0.2) is 0 Å². The molecule has 2 fully saturated rings. The standard InChI is InChI=1S/C19H30N2O3/c1-6-23-16-11-15(19(16)9-7-8-10-19)21(5)18(22)12(2)17-13(3)20-24-14(17)4/h12,15-16H,6-11H2,1-5H3/t12-,15+,16-/m0/s1. The van der Waals surface area contributed by atoms with Gasteiger partial charge in [0.05, 0.1) is 17.7 Å². The summed E-state index contributed by atoms with van der Waals surface area (Å²) >= 11 is 0. The number of likely N-dealkylation sites (N-methyl/N-ethyl adjacent to an activating group) is 1. The molecule has 1 amide bonds. The van der Waals surface area contributed by atoms with E-state index in [0.29, 0.717) is 12.1 Å². The predicted molar refractivity (Wildman–Crippen MR) is 91.9 cm³/mol. The molecule has 1 heterocycles. The minimum Gasteiger partial charge on any atom is -0.378 e. The maximum absolute atomic E-state index is 13.1.